The van der Waals surface area contributed by atoms with Crippen molar-refractivity contribution in [3.05, 3.63) is 83.7 Å². The second-order valence-electron chi connectivity index (χ2n) is 8.84. The molecule has 4 rings (SSSR count). The van der Waals surface area contributed by atoms with Crippen LogP contribution in [0.4, 0.5) is 10.5 Å². The van der Waals surface area contributed by atoms with Crippen LogP contribution in [0.2, 0.25) is 0 Å². The number of hydrogen-bond acceptors (Lipinski definition) is 5. The third-order valence-electron chi connectivity index (χ3n) is 6.13. The third-order valence-corrected chi connectivity index (χ3v) is 6.13. The average Bonchev–Trinajstić information content (AvgIpc) is 3.16. The van der Waals surface area contributed by atoms with Crippen LogP contribution < -0.4 is 10.6 Å². The number of nitrogens with zero attached hydrogens (tertiary/aromatic N) is 1. The number of nitrogens with one attached hydrogen (secondary N) is 2. The number of benzene rings is 2. The fraction of sp³-hybridized carbons (Fsp3) is 0.259. The van der Waals surface area contributed by atoms with Crippen LogP contribution >= 0.6 is 0 Å². The van der Waals surface area contributed by atoms with E-state index in [1.54, 1.807) is 0 Å². The van der Waals surface area contributed by atoms with Crippen LogP contribution in [0.3, 0.4) is 0 Å². The van der Waals surface area contributed by atoms with Crippen molar-refractivity contribution >= 4 is 23.7 Å². The lowest BCUT2D eigenvalue weighted by atomic mass is 9.98. The summed E-state index contributed by atoms with van der Waals surface area (Å²) in [7, 11) is 0. The highest BCUT2D eigenvalue weighted by Gasteiger charge is 2.29. The molecule has 1 aliphatic carbocycles. The molecular weight excluding hydrogens is 446 g/mol. The van der Waals surface area contributed by atoms with Crippen molar-refractivity contribution < 1.29 is 24.2 Å². The number of aromatic carboxylic acids is 1. The number of carboxylic acid groups (broad SMARTS) is 1. The van der Waals surface area contributed by atoms with E-state index < -0.39 is 18.1 Å². The first-order chi connectivity index (χ1) is 16.8. The number of anilines is 1. The van der Waals surface area contributed by atoms with Crippen molar-refractivity contribution in [1.82, 2.24) is 10.3 Å². The standard InChI is InChI=1S/C27H27N3O5/c1-16(2)24(12-25(31)29-18-11-17(26(32)33)13-28-14-18)30-27(34)35-15-23-21-9-5-3-7-19(21)20-8-4-6-10-22(20)23/h3-11,13-14,16,23-24H,12,15H2,1-2H3,(H,29,31)(H,30,34)(H,32,33)/t24-/m1/s1. The lowest BCUT2D eigenvalue weighted by molar-refractivity contribution is -0.116. The molecule has 0 bridgehead atoms. The van der Waals surface area contributed by atoms with Crippen LogP contribution in [-0.4, -0.2) is 40.7 Å². The number of pyridine rings is 1. The van der Waals surface area contributed by atoms with E-state index in [4.69, 9.17) is 9.84 Å². The topological polar surface area (TPSA) is 118 Å². The summed E-state index contributed by atoms with van der Waals surface area (Å²) in [5.74, 6) is -1.59. The van der Waals surface area contributed by atoms with E-state index in [2.05, 4.69) is 39.9 Å². The molecule has 8 heteroatoms. The largest absolute Gasteiger partial charge is 0.478 e. The zero-order valence-electron chi connectivity index (χ0n) is 19.5. The van der Waals surface area contributed by atoms with Crippen LogP contribution in [0.5, 0.6) is 0 Å². The van der Waals surface area contributed by atoms with E-state index in [0.717, 1.165) is 22.3 Å². The van der Waals surface area contributed by atoms with Gasteiger partial charge >= 0.3 is 12.1 Å². The van der Waals surface area contributed by atoms with Gasteiger partial charge in [0.1, 0.15) is 6.61 Å². The molecule has 1 aliphatic rings. The number of carbonyl (C=O) groups excluding carboxylic acids is 2. The molecule has 0 radical (unpaired) electrons. The van der Waals surface area contributed by atoms with E-state index >= 15 is 0 Å². The molecule has 2 aromatic carbocycles. The average molecular weight is 474 g/mol. The van der Waals surface area contributed by atoms with Crippen molar-refractivity contribution in [2.45, 2.75) is 32.2 Å². The molecule has 3 aromatic rings. The van der Waals surface area contributed by atoms with Gasteiger partial charge in [0.2, 0.25) is 5.91 Å². The normalized spacial score (nSPS) is 13.0. The number of ether oxygens (including phenoxy) is 1. The Kier molecular flexibility index (Phi) is 7.10. The molecule has 3 N–H and O–H groups in total. The maximum Gasteiger partial charge on any atom is 0.407 e. The first kappa shape index (κ1) is 23.9. The van der Waals surface area contributed by atoms with Crippen LogP contribution in [0.15, 0.2) is 67.0 Å². The Bertz CT molecular complexity index is 1210. The Hall–Kier alpha value is -4.20. The Morgan fingerprint density at radius 1 is 1.00 bits per heavy atom. The molecule has 0 unspecified atom stereocenters. The van der Waals surface area contributed by atoms with Crippen LogP contribution in [-0.2, 0) is 9.53 Å². The number of hydrogen-bond donors (Lipinski definition) is 3. The summed E-state index contributed by atoms with van der Waals surface area (Å²) in [6, 6.07) is 17.1. The van der Waals surface area contributed by atoms with Gasteiger partial charge in [0.05, 0.1) is 17.4 Å². The summed E-state index contributed by atoms with van der Waals surface area (Å²) in [4.78, 5) is 40.1. The highest BCUT2D eigenvalue weighted by molar-refractivity contribution is 5.93. The van der Waals surface area contributed by atoms with Gasteiger partial charge in [0, 0.05) is 24.6 Å². The number of fused-ring (bicyclic) bond motifs is 3. The number of rotatable bonds is 8. The van der Waals surface area contributed by atoms with Gasteiger partial charge in [-0.1, -0.05) is 62.4 Å². The number of alkyl carbamates (subject to hydrolysis) is 1. The molecule has 0 aliphatic heterocycles. The molecule has 0 fully saturated rings. The van der Waals surface area contributed by atoms with Gasteiger partial charge in [-0.05, 0) is 34.2 Å². The molecule has 2 amide bonds. The molecule has 0 spiro atoms. The molecular formula is C27H27N3O5. The quantitative estimate of drug-likeness (QED) is 0.438. The third kappa shape index (κ3) is 5.48. The summed E-state index contributed by atoms with van der Waals surface area (Å²) in [5, 5.41) is 14.5. The van der Waals surface area contributed by atoms with Crippen molar-refractivity contribution in [3.8, 4) is 11.1 Å². The van der Waals surface area contributed by atoms with Gasteiger partial charge in [0.25, 0.3) is 0 Å². The van der Waals surface area contributed by atoms with E-state index in [1.807, 2.05) is 38.1 Å². The number of carboxylic acids is 1. The molecule has 1 atom stereocenters. The minimum atomic E-state index is -1.13. The Labute approximate surface area is 203 Å². The smallest absolute Gasteiger partial charge is 0.407 e. The Morgan fingerprint density at radius 2 is 1.63 bits per heavy atom. The zero-order valence-corrected chi connectivity index (χ0v) is 19.5. The SMILES string of the molecule is CC(C)[C@@H](CC(=O)Nc1cncc(C(=O)O)c1)NC(=O)OCC1c2ccccc2-c2ccccc21. The van der Waals surface area contributed by atoms with Gasteiger partial charge in [-0.3, -0.25) is 9.78 Å². The second kappa shape index (κ2) is 10.4. The summed E-state index contributed by atoms with van der Waals surface area (Å²) in [5.41, 5.74) is 4.79. The van der Waals surface area contributed by atoms with Crippen molar-refractivity contribution in [2.24, 2.45) is 5.92 Å². The highest BCUT2D eigenvalue weighted by atomic mass is 16.5. The molecule has 1 aromatic heterocycles. The van der Waals surface area contributed by atoms with E-state index in [-0.39, 0.29) is 42.0 Å². The van der Waals surface area contributed by atoms with Gasteiger partial charge in [0.15, 0.2) is 0 Å². The zero-order chi connectivity index (χ0) is 24.9. The Morgan fingerprint density at radius 3 is 2.23 bits per heavy atom. The summed E-state index contributed by atoms with van der Waals surface area (Å²) >= 11 is 0. The monoisotopic (exact) mass is 473 g/mol. The highest BCUT2D eigenvalue weighted by Crippen LogP contribution is 2.44. The van der Waals surface area contributed by atoms with Crippen LogP contribution in [0.1, 0.15) is 47.7 Å². The van der Waals surface area contributed by atoms with Gasteiger partial charge in [-0.2, -0.15) is 0 Å². The van der Waals surface area contributed by atoms with E-state index in [9.17, 15) is 14.4 Å². The first-order valence-corrected chi connectivity index (χ1v) is 11.4. The maximum absolute atomic E-state index is 12.7. The molecule has 0 saturated carbocycles. The van der Waals surface area contributed by atoms with Crippen molar-refractivity contribution in [3.63, 3.8) is 0 Å². The first-order valence-electron chi connectivity index (χ1n) is 11.4. The number of aromatic nitrogens is 1. The molecule has 8 nitrogen and oxygen atoms in total. The molecule has 1 heterocycles. The second-order valence-corrected chi connectivity index (χ2v) is 8.84. The number of carbonyl (C=O) groups is 3. The number of amides is 2. The van der Waals surface area contributed by atoms with Crippen molar-refractivity contribution in [1.29, 1.82) is 0 Å². The van der Waals surface area contributed by atoms with Gasteiger partial charge < -0.3 is 20.5 Å². The van der Waals surface area contributed by atoms with E-state index in [0.29, 0.717) is 0 Å². The summed E-state index contributed by atoms with van der Waals surface area (Å²) < 4.78 is 5.61. The Balaban J connectivity index is 1.36. The predicted octanol–water partition coefficient (Wildman–Crippen LogP) is 4.67. The summed E-state index contributed by atoms with van der Waals surface area (Å²) in [6.07, 6.45) is 1.98. The molecule has 180 valence electrons. The summed E-state index contributed by atoms with van der Waals surface area (Å²) in [6.45, 7) is 3.98. The van der Waals surface area contributed by atoms with Gasteiger partial charge in [-0.15, -0.1) is 0 Å². The minimum absolute atomic E-state index is 0.000832. The lowest BCUT2D eigenvalue weighted by Crippen LogP contribution is -2.41. The fourth-order valence-corrected chi connectivity index (χ4v) is 4.28. The minimum Gasteiger partial charge on any atom is -0.478 e. The fourth-order valence-electron chi connectivity index (χ4n) is 4.28. The lowest BCUT2D eigenvalue weighted by Gasteiger charge is -2.22. The van der Waals surface area contributed by atoms with Gasteiger partial charge in [-0.25, -0.2) is 9.59 Å². The van der Waals surface area contributed by atoms with Crippen LogP contribution in [0, 0.1) is 5.92 Å². The predicted molar refractivity (Wildman–Crippen MR) is 131 cm³/mol. The molecule has 35 heavy (non-hydrogen) atoms. The maximum atomic E-state index is 12.7. The van der Waals surface area contributed by atoms with Crippen molar-refractivity contribution in [2.75, 3.05) is 11.9 Å². The molecule has 0 saturated heterocycles. The van der Waals surface area contributed by atoms with E-state index in [1.165, 1.54) is 18.5 Å². The van der Waals surface area contributed by atoms with Crippen LogP contribution in [0.25, 0.3) is 11.1 Å².